The second-order valence-electron chi connectivity index (χ2n) is 3.15. The number of para-hydroxylation sites is 1. The molecule has 17 heavy (non-hydrogen) atoms. The molecular formula is C11H8BrNO3S. The van der Waals surface area contributed by atoms with Gasteiger partial charge in [0, 0.05) is 5.56 Å². The molecule has 0 fully saturated rings. The molecule has 0 spiro atoms. The van der Waals surface area contributed by atoms with Gasteiger partial charge in [-0.15, -0.1) is 11.3 Å². The minimum absolute atomic E-state index is 0.0337. The first-order valence-electron chi connectivity index (χ1n) is 4.66. The lowest BCUT2D eigenvalue weighted by atomic mass is 10.1. The van der Waals surface area contributed by atoms with E-state index in [1.807, 2.05) is 18.2 Å². The highest BCUT2D eigenvalue weighted by atomic mass is 79.9. The van der Waals surface area contributed by atoms with Gasteiger partial charge < -0.3 is 9.84 Å². The van der Waals surface area contributed by atoms with Crippen LogP contribution in [0.5, 0.6) is 5.75 Å². The molecule has 0 atom stereocenters. The number of carboxylic acid groups (broad SMARTS) is 1. The van der Waals surface area contributed by atoms with Crippen LogP contribution < -0.4 is 4.74 Å². The number of aromatic carboxylic acids is 1. The van der Waals surface area contributed by atoms with Crippen molar-refractivity contribution >= 4 is 33.2 Å². The maximum absolute atomic E-state index is 11.1. The molecule has 0 saturated carbocycles. The Balaban J connectivity index is 2.63. The molecule has 0 aliphatic rings. The lowest BCUT2D eigenvalue weighted by molar-refractivity contribution is 0.0692. The van der Waals surface area contributed by atoms with Crippen molar-refractivity contribution in [3.8, 4) is 16.2 Å². The predicted molar refractivity (Wildman–Crippen MR) is 68.8 cm³/mol. The van der Waals surface area contributed by atoms with Crippen LogP contribution in [-0.2, 0) is 0 Å². The van der Waals surface area contributed by atoms with E-state index in [1.54, 1.807) is 13.2 Å². The number of hydrogen-bond donors (Lipinski definition) is 1. The molecule has 0 unspecified atom stereocenters. The number of carboxylic acids is 1. The largest absolute Gasteiger partial charge is 0.496 e. The number of benzene rings is 1. The zero-order chi connectivity index (χ0) is 12.4. The van der Waals surface area contributed by atoms with Gasteiger partial charge >= 0.3 is 5.97 Å². The minimum atomic E-state index is -1.05. The molecule has 88 valence electrons. The highest BCUT2D eigenvalue weighted by molar-refractivity contribution is 9.11. The first-order chi connectivity index (χ1) is 8.13. The molecule has 0 bridgehead atoms. The summed E-state index contributed by atoms with van der Waals surface area (Å²) in [6, 6.07) is 7.26. The molecule has 0 aliphatic heterocycles. The third kappa shape index (κ3) is 2.32. The van der Waals surface area contributed by atoms with Gasteiger partial charge in [-0.2, -0.15) is 0 Å². The Hall–Kier alpha value is -1.40. The molecule has 0 saturated heterocycles. The molecule has 1 aromatic heterocycles. The fourth-order valence-electron chi connectivity index (χ4n) is 1.45. The summed E-state index contributed by atoms with van der Waals surface area (Å²) >= 11 is 4.47. The predicted octanol–water partition coefficient (Wildman–Crippen LogP) is 3.28. The van der Waals surface area contributed by atoms with Gasteiger partial charge in [-0.1, -0.05) is 12.1 Å². The Labute approximate surface area is 110 Å². The van der Waals surface area contributed by atoms with Crippen LogP contribution in [0, 0.1) is 0 Å². The molecule has 4 nitrogen and oxygen atoms in total. The Morgan fingerprint density at radius 2 is 2.18 bits per heavy atom. The summed E-state index contributed by atoms with van der Waals surface area (Å²) in [5.41, 5.74) is 0.766. The summed E-state index contributed by atoms with van der Waals surface area (Å²) in [5.74, 6) is -0.418. The topological polar surface area (TPSA) is 59.4 Å². The van der Waals surface area contributed by atoms with Crippen LogP contribution in [0.1, 0.15) is 10.5 Å². The van der Waals surface area contributed by atoms with Gasteiger partial charge in [0.25, 0.3) is 0 Å². The SMILES string of the molecule is COc1ccccc1-c1sc(Br)nc1C(=O)O. The Kier molecular flexibility index (Phi) is 3.44. The summed E-state index contributed by atoms with van der Waals surface area (Å²) in [6.07, 6.45) is 0. The second-order valence-corrected chi connectivity index (χ2v) is 5.43. The van der Waals surface area contributed by atoms with Crippen molar-refractivity contribution in [2.75, 3.05) is 7.11 Å². The molecule has 2 rings (SSSR count). The Bertz CT molecular complexity index is 568. The summed E-state index contributed by atoms with van der Waals surface area (Å²) < 4.78 is 5.75. The number of ether oxygens (including phenoxy) is 1. The average Bonchev–Trinajstić information content (AvgIpc) is 2.71. The van der Waals surface area contributed by atoms with Crippen LogP contribution >= 0.6 is 27.3 Å². The zero-order valence-corrected chi connectivity index (χ0v) is 11.2. The van der Waals surface area contributed by atoms with Gasteiger partial charge in [-0.25, -0.2) is 9.78 Å². The molecule has 1 N–H and O–H groups in total. The Morgan fingerprint density at radius 1 is 1.47 bits per heavy atom. The van der Waals surface area contributed by atoms with E-state index < -0.39 is 5.97 Å². The molecule has 1 heterocycles. The van der Waals surface area contributed by atoms with Gasteiger partial charge in [0.1, 0.15) is 5.75 Å². The highest BCUT2D eigenvalue weighted by Gasteiger charge is 2.20. The van der Waals surface area contributed by atoms with Crippen LogP contribution in [-0.4, -0.2) is 23.2 Å². The maximum atomic E-state index is 11.1. The standard InChI is InChI=1S/C11H8BrNO3S/c1-16-7-5-3-2-4-6(7)9-8(10(14)15)13-11(12)17-9/h2-5H,1H3,(H,14,15). The van der Waals surface area contributed by atoms with Crippen molar-refractivity contribution in [1.29, 1.82) is 0 Å². The first kappa shape index (κ1) is 12.1. The molecular weight excluding hydrogens is 306 g/mol. The van der Waals surface area contributed by atoms with Gasteiger partial charge in [-0.05, 0) is 28.1 Å². The molecule has 0 amide bonds. The van der Waals surface area contributed by atoms with Crippen LogP contribution in [0.25, 0.3) is 10.4 Å². The van der Waals surface area contributed by atoms with Crippen molar-refractivity contribution in [2.24, 2.45) is 0 Å². The third-order valence-corrected chi connectivity index (χ3v) is 3.70. The smallest absolute Gasteiger partial charge is 0.356 e. The van der Waals surface area contributed by atoms with E-state index in [4.69, 9.17) is 9.84 Å². The normalized spacial score (nSPS) is 10.2. The van der Waals surface area contributed by atoms with Gasteiger partial charge in [0.05, 0.1) is 12.0 Å². The van der Waals surface area contributed by atoms with Crippen molar-refractivity contribution < 1.29 is 14.6 Å². The van der Waals surface area contributed by atoms with Gasteiger partial charge in [0.2, 0.25) is 0 Å². The lowest BCUT2D eigenvalue weighted by Gasteiger charge is -2.06. The van der Waals surface area contributed by atoms with E-state index in [1.165, 1.54) is 11.3 Å². The van der Waals surface area contributed by atoms with E-state index in [0.29, 0.717) is 14.5 Å². The maximum Gasteiger partial charge on any atom is 0.356 e. The minimum Gasteiger partial charge on any atom is -0.496 e. The lowest BCUT2D eigenvalue weighted by Crippen LogP contribution is -1.99. The van der Waals surface area contributed by atoms with E-state index in [2.05, 4.69) is 20.9 Å². The fraction of sp³-hybridized carbons (Fsp3) is 0.0909. The number of carbonyl (C=O) groups is 1. The molecule has 0 aliphatic carbocycles. The number of aromatic nitrogens is 1. The summed E-state index contributed by atoms with van der Waals surface area (Å²) in [5, 5.41) is 9.09. The second kappa shape index (κ2) is 4.85. The zero-order valence-electron chi connectivity index (χ0n) is 8.81. The van der Waals surface area contributed by atoms with Crippen LogP contribution in [0.15, 0.2) is 28.2 Å². The van der Waals surface area contributed by atoms with Gasteiger partial charge in [0.15, 0.2) is 9.61 Å². The highest BCUT2D eigenvalue weighted by Crippen LogP contribution is 2.38. The monoisotopic (exact) mass is 313 g/mol. The van der Waals surface area contributed by atoms with Crippen molar-refractivity contribution in [3.63, 3.8) is 0 Å². The molecule has 2 aromatic rings. The van der Waals surface area contributed by atoms with Crippen LogP contribution in [0.2, 0.25) is 0 Å². The van der Waals surface area contributed by atoms with E-state index in [9.17, 15) is 4.79 Å². The first-order valence-corrected chi connectivity index (χ1v) is 6.27. The van der Waals surface area contributed by atoms with Crippen LogP contribution in [0.4, 0.5) is 0 Å². The fourth-order valence-corrected chi connectivity index (χ4v) is 2.93. The van der Waals surface area contributed by atoms with Crippen molar-refractivity contribution in [1.82, 2.24) is 4.98 Å². The summed E-state index contributed by atoms with van der Waals surface area (Å²) in [4.78, 5) is 15.6. The molecule has 1 aromatic carbocycles. The summed E-state index contributed by atoms with van der Waals surface area (Å²) in [6.45, 7) is 0. The van der Waals surface area contributed by atoms with Crippen LogP contribution in [0.3, 0.4) is 0 Å². The van der Waals surface area contributed by atoms with E-state index in [0.717, 1.165) is 5.56 Å². The average molecular weight is 314 g/mol. The Morgan fingerprint density at radius 3 is 2.82 bits per heavy atom. The van der Waals surface area contributed by atoms with Crippen molar-refractivity contribution in [2.45, 2.75) is 0 Å². The number of hydrogen-bond acceptors (Lipinski definition) is 4. The number of methoxy groups -OCH3 is 1. The van der Waals surface area contributed by atoms with Gasteiger partial charge in [-0.3, -0.25) is 0 Å². The third-order valence-electron chi connectivity index (χ3n) is 2.16. The number of nitrogens with zero attached hydrogens (tertiary/aromatic N) is 1. The van der Waals surface area contributed by atoms with E-state index in [-0.39, 0.29) is 5.69 Å². The number of rotatable bonds is 3. The number of halogens is 1. The van der Waals surface area contributed by atoms with Crippen molar-refractivity contribution in [3.05, 3.63) is 33.9 Å². The molecule has 6 heteroatoms. The van der Waals surface area contributed by atoms with E-state index >= 15 is 0 Å². The molecule has 0 radical (unpaired) electrons. The summed E-state index contributed by atoms with van der Waals surface area (Å²) in [7, 11) is 1.55. The number of thiazole rings is 1. The quantitative estimate of drug-likeness (QED) is 0.944.